The van der Waals surface area contributed by atoms with Crippen LogP contribution in [-0.4, -0.2) is 27.6 Å². The fourth-order valence-electron chi connectivity index (χ4n) is 0.878. The van der Waals surface area contributed by atoms with E-state index in [4.69, 9.17) is 5.73 Å². The number of nitrogens with zero attached hydrogens (tertiary/aromatic N) is 2. The van der Waals surface area contributed by atoms with Gasteiger partial charge in [-0.1, -0.05) is 0 Å². The smallest absolute Gasteiger partial charge is 0.272 e. The normalized spacial score (nSPS) is 12.1. The molecule has 1 unspecified atom stereocenters. The first-order valence-corrected chi connectivity index (χ1v) is 4.10. The second kappa shape index (κ2) is 3.91. The predicted octanol–water partition coefficient (Wildman–Crippen LogP) is -0.976. The third kappa shape index (κ3) is 2.32. The van der Waals surface area contributed by atoms with Crippen molar-refractivity contribution in [2.24, 2.45) is 12.8 Å². The lowest BCUT2D eigenvalue weighted by Crippen LogP contribution is -2.42. The van der Waals surface area contributed by atoms with Crippen molar-refractivity contribution in [3.8, 4) is 0 Å². The first-order chi connectivity index (χ1) is 6.50. The number of amides is 2. The van der Waals surface area contributed by atoms with Gasteiger partial charge in [0.05, 0.1) is 0 Å². The van der Waals surface area contributed by atoms with Crippen molar-refractivity contribution in [1.82, 2.24) is 15.1 Å². The van der Waals surface area contributed by atoms with Gasteiger partial charge >= 0.3 is 0 Å². The number of rotatable bonds is 3. The number of carbonyl (C=O) groups excluding carboxylic acids is 2. The number of aromatic nitrogens is 2. The van der Waals surface area contributed by atoms with Crippen LogP contribution in [0.2, 0.25) is 0 Å². The molecule has 0 aliphatic carbocycles. The van der Waals surface area contributed by atoms with E-state index in [9.17, 15) is 9.59 Å². The summed E-state index contributed by atoms with van der Waals surface area (Å²) in [6, 6.07) is 0.868. The van der Waals surface area contributed by atoms with Crippen LogP contribution in [0, 0.1) is 0 Å². The topological polar surface area (TPSA) is 90.0 Å². The Morgan fingerprint density at radius 3 is 2.71 bits per heavy atom. The molecule has 0 aromatic carbocycles. The molecule has 1 aromatic heterocycles. The number of primary amides is 1. The van der Waals surface area contributed by atoms with Crippen LogP contribution in [0.4, 0.5) is 0 Å². The fraction of sp³-hybridized carbons (Fsp3) is 0.375. The molecule has 1 heterocycles. The molecular formula is C8H12N4O2. The van der Waals surface area contributed by atoms with Crippen molar-refractivity contribution in [2.45, 2.75) is 13.0 Å². The lowest BCUT2D eigenvalue weighted by molar-refractivity contribution is -0.119. The summed E-state index contributed by atoms with van der Waals surface area (Å²) >= 11 is 0. The van der Waals surface area contributed by atoms with E-state index in [0.717, 1.165) is 0 Å². The van der Waals surface area contributed by atoms with E-state index in [1.165, 1.54) is 11.6 Å². The van der Waals surface area contributed by atoms with Crippen molar-refractivity contribution < 1.29 is 9.59 Å². The SMILES string of the molecule is CC(NC(=O)c1ccn(C)n1)C(N)=O. The maximum absolute atomic E-state index is 11.4. The van der Waals surface area contributed by atoms with Gasteiger partial charge in [0, 0.05) is 13.2 Å². The minimum Gasteiger partial charge on any atom is -0.368 e. The highest BCUT2D eigenvalue weighted by molar-refractivity contribution is 5.95. The van der Waals surface area contributed by atoms with Gasteiger partial charge in [-0.25, -0.2) is 0 Å². The van der Waals surface area contributed by atoms with E-state index < -0.39 is 17.9 Å². The highest BCUT2D eigenvalue weighted by Gasteiger charge is 2.14. The monoisotopic (exact) mass is 196 g/mol. The molecule has 1 atom stereocenters. The minimum atomic E-state index is -0.690. The van der Waals surface area contributed by atoms with Crippen molar-refractivity contribution in [3.05, 3.63) is 18.0 Å². The molecule has 0 saturated carbocycles. The average molecular weight is 196 g/mol. The Morgan fingerprint density at radius 1 is 1.64 bits per heavy atom. The van der Waals surface area contributed by atoms with Crippen LogP contribution >= 0.6 is 0 Å². The molecule has 14 heavy (non-hydrogen) atoms. The predicted molar refractivity (Wildman–Crippen MR) is 49.3 cm³/mol. The van der Waals surface area contributed by atoms with E-state index in [0.29, 0.717) is 0 Å². The number of carbonyl (C=O) groups is 2. The first-order valence-electron chi connectivity index (χ1n) is 4.10. The standard InChI is InChI=1S/C8H12N4O2/c1-5(7(9)13)10-8(14)6-3-4-12(2)11-6/h3-5H,1-2H3,(H2,9,13)(H,10,14). The maximum Gasteiger partial charge on any atom is 0.272 e. The molecule has 1 rings (SSSR count). The molecule has 2 amide bonds. The Hall–Kier alpha value is -1.85. The molecule has 1 aromatic rings. The van der Waals surface area contributed by atoms with E-state index in [1.807, 2.05) is 0 Å². The zero-order valence-electron chi connectivity index (χ0n) is 8.02. The zero-order valence-corrected chi connectivity index (χ0v) is 8.02. The average Bonchev–Trinajstić information content (AvgIpc) is 2.51. The summed E-state index contributed by atoms with van der Waals surface area (Å²) in [6.45, 7) is 1.52. The van der Waals surface area contributed by atoms with Crippen LogP contribution in [0.25, 0.3) is 0 Å². The maximum atomic E-state index is 11.4. The van der Waals surface area contributed by atoms with E-state index in [1.54, 1.807) is 19.3 Å². The van der Waals surface area contributed by atoms with Gasteiger partial charge in [0.25, 0.3) is 5.91 Å². The molecule has 0 bridgehead atoms. The first kappa shape index (κ1) is 10.2. The Bertz CT molecular complexity index is 358. The Morgan fingerprint density at radius 2 is 2.29 bits per heavy atom. The highest BCUT2D eigenvalue weighted by Crippen LogP contribution is 1.94. The summed E-state index contributed by atoms with van der Waals surface area (Å²) in [5, 5.41) is 6.30. The number of hydrogen-bond donors (Lipinski definition) is 2. The number of nitrogens with two attached hydrogens (primary N) is 1. The van der Waals surface area contributed by atoms with Crippen LogP contribution in [0.15, 0.2) is 12.3 Å². The minimum absolute atomic E-state index is 0.264. The number of aryl methyl sites for hydroxylation is 1. The van der Waals surface area contributed by atoms with Gasteiger partial charge < -0.3 is 11.1 Å². The summed E-state index contributed by atoms with van der Waals surface area (Å²) < 4.78 is 1.50. The van der Waals surface area contributed by atoms with Gasteiger partial charge in [-0.15, -0.1) is 0 Å². The van der Waals surface area contributed by atoms with Crippen molar-refractivity contribution in [3.63, 3.8) is 0 Å². The van der Waals surface area contributed by atoms with Gasteiger partial charge in [0.15, 0.2) is 0 Å². The molecule has 0 spiro atoms. The summed E-state index contributed by atoms with van der Waals surface area (Å²) in [5.74, 6) is -0.980. The van der Waals surface area contributed by atoms with Gasteiger partial charge in [-0.2, -0.15) is 5.10 Å². The van der Waals surface area contributed by atoms with Crippen molar-refractivity contribution in [1.29, 1.82) is 0 Å². The Balaban J connectivity index is 2.63. The molecule has 0 radical (unpaired) electrons. The fourth-order valence-corrected chi connectivity index (χ4v) is 0.878. The quantitative estimate of drug-likeness (QED) is 0.651. The number of hydrogen-bond acceptors (Lipinski definition) is 3. The summed E-state index contributed by atoms with van der Waals surface area (Å²) in [5.41, 5.74) is 5.25. The second-order valence-corrected chi connectivity index (χ2v) is 2.97. The molecular weight excluding hydrogens is 184 g/mol. The van der Waals surface area contributed by atoms with Crippen LogP contribution < -0.4 is 11.1 Å². The second-order valence-electron chi connectivity index (χ2n) is 2.97. The van der Waals surface area contributed by atoms with E-state index in [2.05, 4.69) is 10.4 Å². The van der Waals surface area contributed by atoms with Crippen LogP contribution in [0.5, 0.6) is 0 Å². The van der Waals surface area contributed by atoms with Gasteiger partial charge in [-0.3, -0.25) is 14.3 Å². The largest absolute Gasteiger partial charge is 0.368 e. The summed E-state index contributed by atoms with van der Waals surface area (Å²) in [6.07, 6.45) is 1.64. The summed E-state index contributed by atoms with van der Waals surface area (Å²) in [7, 11) is 1.70. The van der Waals surface area contributed by atoms with Gasteiger partial charge in [0.2, 0.25) is 5.91 Å². The Labute approximate surface area is 81.1 Å². The van der Waals surface area contributed by atoms with Crippen molar-refractivity contribution >= 4 is 11.8 Å². The number of nitrogens with one attached hydrogen (secondary N) is 1. The van der Waals surface area contributed by atoms with Gasteiger partial charge in [0.1, 0.15) is 11.7 Å². The highest BCUT2D eigenvalue weighted by atomic mass is 16.2. The van der Waals surface area contributed by atoms with Crippen LogP contribution in [0.1, 0.15) is 17.4 Å². The molecule has 0 saturated heterocycles. The lowest BCUT2D eigenvalue weighted by atomic mass is 10.3. The lowest BCUT2D eigenvalue weighted by Gasteiger charge is -2.07. The molecule has 3 N–H and O–H groups in total. The summed E-state index contributed by atoms with van der Waals surface area (Å²) in [4.78, 5) is 22.0. The molecule has 0 aliphatic rings. The molecule has 0 fully saturated rings. The van der Waals surface area contributed by atoms with E-state index in [-0.39, 0.29) is 5.69 Å². The molecule has 6 heteroatoms. The van der Waals surface area contributed by atoms with Gasteiger partial charge in [-0.05, 0) is 13.0 Å². The van der Waals surface area contributed by atoms with Crippen LogP contribution in [0.3, 0.4) is 0 Å². The zero-order chi connectivity index (χ0) is 10.7. The molecule has 6 nitrogen and oxygen atoms in total. The van der Waals surface area contributed by atoms with Crippen molar-refractivity contribution in [2.75, 3.05) is 0 Å². The molecule has 0 aliphatic heterocycles. The Kier molecular flexibility index (Phi) is 2.85. The third-order valence-electron chi connectivity index (χ3n) is 1.72. The van der Waals surface area contributed by atoms with Crippen LogP contribution in [-0.2, 0) is 11.8 Å². The third-order valence-corrected chi connectivity index (χ3v) is 1.72. The molecule has 76 valence electrons. The van der Waals surface area contributed by atoms with E-state index >= 15 is 0 Å².